The van der Waals surface area contributed by atoms with Crippen molar-refractivity contribution in [1.29, 1.82) is 0 Å². The summed E-state index contributed by atoms with van der Waals surface area (Å²) in [5, 5.41) is 2.90. The fourth-order valence-corrected chi connectivity index (χ4v) is 2.64. The molecule has 162 valence electrons. The van der Waals surface area contributed by atoms with Gasteiger partial charge in [-0.05, 0) is 24.3 Å². The number of anilines is 1. The zero-order valence-electron chi connectivity index (χ0n) is 14.4. The van der Waals surface area contributed by atoms with Gasteiger partial charge < -0.3 is 10.1 Å². The maximum Gasteiger partial charge on any atom is 0.340 e. The fourth-order valence-electron chi connectivity index (χ4n) is 2.04. The van der Waals surface area contributed by atoms with Crippen molar-refractivity contribution in [1.82, 2.24) is 5.32 Å². The van der Waals surface area contributed by atoms with E-state index in [9.17, 15) is 35.9 Å². The van der Waals surface area contributed by atoms with E-state index in [1.807, 2.05) is 0 Å². The van der Waals surface area contributed by atoms with Gasteiger partial charge in [-0.1, -0.05) is 29.3 Å². The molecule has 0 heterocycles. The first-order chi connectivity index (χ1) is 13.9. The quantitative estimate of drug-likeness (QED) is 0.542. The number of nitrogens with one attached hydrogen (secondary N) is 2. The van der Waals surface area contributed by atoms with Crippen molar-refractivity contribution >= 4 is 40.8 Å². The average Bonchev–Trinajstić information content (AvgIpc) is 2.60. The smallest absolute Gasteiger partial charge is 0.340 e. The molecule has 2 rings (SSSR count). The lowest BCUT2D eigenvalue weighted by Gasteiger charge is -2.18. The molecule has 0 aliphatic carbocycles. The minimum Gasteiger partial charge on any atom is -0.484 e. The van der Waals surface area contributed by atoms with Gasteiger partial charge in [0.25, 0.3) is 5.91 Å². The van der Waals surface area contributed by atoms with Crippen LogP contribution < -0.4 is 15.4 Å². The van der Waals surface area contributed by atoms with Gasteiger partial charge in [0.05, 0.1) is 10.0 Å². The van der Waals surface area contributed by atoms with Crippen molar-refractivity contribution in [3.63, 3.8) is 0 Å². The molecule has 2 N–H and O–H groups in total. The van der Waals surface area contributed by atoms with E-state index in [0.29, 0.717) is 0 Å². The molecular formula is C17H10Cl2F6N2O3. The molecule has 3 amide bonds. The van der Waals surface area contributed by atoms with Crippen LogP contribution in [0.5, 0.6) is 5.75 Å². The molecule has 0 bridgehead atoms. The van der Waals surface area contributed by atoms with Crippen LogP contribution in [-0.2, 0) is 0 Å². The molecular weight excluding hydrogens is 465 g/mol. The van der Waals surface area contributed by atoms with Crippen LogP contribution in [0.3, 0.4) is 0 Å². The number of ether oxygens (including phenoxy) is 1. The second kappa shape index (κ2) is 9.43. The van der Waals surface area contributed by atoms with Crippen molar-refractivity contribution in [2.24, 2.45) is 0 Å². The highest BCUT2D eigenvalue weighted by Gasteiger charge is 2.42. The molecule has 0 saturated heterocycles. The molecule has 13 heteroatoms. The van der Waals surface area contributed by atoms with E-state index in [4.69, 9.17) is 23.2 Å². The normalized spacial score (nSPS) is 11.4. The van der Waals surface area contributed by atoms with Crippen molar-refractivity contribution in [2.75, 3.05) is 11.9 Å². The number of amides is 3. The van der Waals surface area contributed by atoms with E-state index in [0.717, 1.165) is 30.3 Å². The monoisotopic (exact) mass is 474 g/mol. The topological polar surface area (TPSA) is 67.4 Å². The predicted molar refractivity (Wildman–Crippen MR) is 95.8 cm³/mol. The van der Waals surface area contributed by atoms with Crippen LogP contribution in [0, 0.1) is 11.6 Å². The number of hydrogen-bond donors (Lipinski definition) is 2. The molecule has 2 aromatic rings. The molecule has 0 atom stereocenters. The minimum atomic E-state index is -4.45. The molecule has 0 saturated carbocycles. The van der Waals surface area contributed by atoms with Gasteiger partial charge in [0.15, 0.2) is 12.4 Å². The maximum atomic E-state index is 13.6. The van der Waals surface area contributed by atoms with Crippen LogP contribution in [0.15, 0.2) is 30.3 Å². The van der Waals surface area contributed by atoms with Crippen molar-refractivity contribution in [3.8, 4) is 5.75 Å². The number of rotatable bonds is 6. The lowest BCUT2D eigenvalue weighted by atomic mass is 10.2. The standard InChI is InChI=1S/C17H10Cl2F6N2O3/c18-8-4-7(5-9(19)13(8)30-6-17(24,25)15(22)23)26-16(29)27-14(28)12-10(20)2-1-3-11(12)21/h1-5,15H,6H2,(H2,26,27,28,29). The van der Waals surface area contributed by atoms with Crippen LogP contribution in [0.2, 0.25) is 10.0 Å². The Morgan fingerprint density at radius 2 is 1.60 bits per heavy atom. The molecule has 0 aromatic heterocycles. The third-order valence-electron chi connectivity index (χ3n) is 3.40. The Bertz CT molecular complexity index is 931. The summed E-state index contributed by atoms with van der Waals surface area (Å²) < 4.78 is 81.9. The minimum absolute atomic E-state index is 0.169. The Kier molecular flexibility index (Phi) is 7.43. The number of benzene rings is 2. The first kappa shape index (κ1) is 23.6. The number of carbonyl (C=O) groups excluding carboxylic acids is 2. The van der Waals surface area contributed by atoms with Gasteiger partial charge in [0.2, 0.25) is 0 Å². The van der Waals surface area contributed by atoms with Gasteiger partial charge in [-0.15, -0.1) is 0 Å². The van der Waals surface area contributed by atoms with E-state index in [1.54, 1.807) is 5.32 Å². The Labute approximate surface area is 174 Å². The van der Waals surface area contributed by atoms with Crippen LogP contribution in [0.25, 0.3) is 0 Å². The summed E-state index contributed by atoms with van der Waals surface area (Å²) in [5.41, 5.74) is -1.16. The second-order valence-corrected chi connectivity index (χ2v) is 6.44. The highest BCUT2D eigenvalue weighted by atomic mass is 35.5. The summed E-state index contributed by atoms with van der Waals surface area (Å²) in [5.74, 6) is -8.78. The molecule has 0 aliphatic rings. The average molecular weight is 475 g/mol. The molecule has 0 unspecified atom stereocenters. The van der Waals surface area contributed by atoms with E-state index in [2.05, 4.69) is 10.1 Å². The van der Waals surface area contributed by atoms with Gasteiger partial charge in [0, 0.05) is 5.69 Å². The number of halogens is 8. The van der Waals surface area contributed by atoms with Crippen molar-refractivity contribution in [3.05, 3.63) is 57.6 Å². The predicted octanol–water partition coefficient (Wildman–Crippen LogP) is 5.51. The molecule has 5 nitrogen and oxygen atoms in total. The molecule has 0 spiro atoms. The van der Waals surface area contributed by atoms with Gasteiger partial charge >= 0.3 is 18.4 Å². The van der Waals surface area contributed by atoms with Gasteiger partial charge in [-0.3, -0.25) is 10.1 Å². The zero-order valence-corrected chi connectivity index (χ0v) is 15.9. The van der Waals surface area contributed by atoms with E-state index in [1.165, 1.54) is 0 Å². The molecule has 0 radical (unpaired) electrons. The van der Waals surface area contributed by atoms with Crippen molar-refractivity contribution < 1.29 is 40.7 Å². The number of imide groups is 1. The van der Waals surface area contributed by atoms with E-state index in [-0.39, 0.29) is 5.69 Å². The summed E-state index contributed by atoms with van der Waals surface area (Å²) in [6.07, 6.45) is -3.98. The lowest BCUT2D eigenvalue weighted by Crippen LogP contribution is -2.35. The van der Waals surface area contributed by atoms with Crippen LogP contribution in [0.1, 0.15) is 10.4 Å². The summed E-state index contributed by atoms with van der Waals surface area (Å²) in [4.78, 5) is 23.7. The number of carbonyl (C=O) groups is 2. The zero-order chi connectivity index (χ0) is 22.6. The van der Waals surface area contributed by atoms with Gasteiger partial charge in [-0.25, -0.2) is 22.4 Å². The Hall–Kier alpha value is -2.66. The van der Waals surface area contributed by atoms with E-state index < -0.39 is 63.9 Å². The van der Waals surface area contributed by atoms with E-state index >= 15 is 0 Å². The summed E-state index contributed by atoms with van der Waals surface area (Å²) >= 11 is 11.6. The molecule has 0 aliphatic heterocycles. The van der Waals surface area contributed by atoms with Crippen LogP contribution in [-0.4, -0.2) is 30.9 Å². The van der Waals surface area contributed by atoms with Gasteiger partial charge in [0.1, 0.15) is 17.2 Å². The maximum absolute atomic E-state index is 13.6. The summed E-state index contributed by atoms with van der Waals surface area (Å²) in [7, 11) is 0. The Balaban J connectivity index is 2.08. The number of hydrogen-bond acceptors (Lipinski definition) is 3. The Morgan fingerprint density at radius 3 is 2.10 bits per heavy atom. The SMILES string of the molecule is O=C(NC(=O)c1c(F)cccc1F)Nc1cc(Cl)c(OCC(F)(F)C(F)F)c(Cl)c1. The second-order valence-electron chi connectivity index (χ2n) is 5.62. The molecule has 30 heavy (non-hydrogen) atoms. The largest absolute Gasteiger partial charge is 0.484 e. The van der Waals surface area contributed by atoms with Crippen LogP contribution in [0.4, 0.5) is 36.8 Å². The highest BCUT2D eigenvalue weighted by molar-refractivity contribution is 6.37. The Morgan fingerprint density at radius 1 is 1.07 bits per heavy atom. The first-order valence-electron chi connectivity index (χ1n) is 7.76. The van der Waals surface area contributed by atoms with Crippen molar-refractivity contribution in [2.45, 2.75) is 12.3 Å². The van der Waals surface area contributed by atoms with Gasteiger partial charge in [-0.2, -0.15) is 8.78 Å². The molecule has 0 fully saturated rings. The fraction of sp³-hybridized carbons (Fsp3) is 0.176. The third kappa shape index (κ3) is 5.70. The highest BCUT2D eigenvalue weighted by Crippen LogP contribution is 2.37. The molecule has 2 aromatic carbocycles. The summed E-state index contributed by atoms with van der Waals surface area (Å²) in [6.45, 7) is -1.71. The summed E-state index contributed by atoms with van der Waals surface area (Å²) in [6, 6.07) is 3.32. The number of alkyl halides is 4. The third-order valence-corrected chi connectivity index (χ3v) is 3.96. The lowest BCUT2D eigenvalue weighted by molar-refractivity contribution is -0.148. The first-order valence-corrected chi connectivity index (χ1v) is 8.52. The van der Waals surface area contributed by atoms with Crippen LogP contribution >= 0.6 is 23.2 Å². The number of urea groups is 1.